The van der Waals surface area contributed by atoms with E-state index in [-0.39, 0.29) is 22.7 Å². The molecule has 0 heterocycles. The molecule has 0 aliphatic heterocycles. The first-order chi connectivity index (χ1) is 21.5. The zero-order chi connectivity index (χ0) is 30.7. The molecule has 0 saturated carbocycles. The maximum atomic E-state index is 11.3. The summed E-state index contributed by atoms with van der Waals surface area (Å²) in [7, 11) is 0. The van der Waals surface area contributed by atoms with E-state index in [2.05, 4.69) is 40.9 Å². The third kappa shape index (κ3) is 7.13. The standard InChI is InChI=1S/C30H20N10O4/c41-39(42)29-19-9-7-17-27(29)37-35-25-15-5-3-13-23(25)33-31-21-11-1-2-12-22(21)32-34-24-14-4-6-16-26(24)36-38-28-18-8-10-20-30(28)40(43)44/h1-20H. The molecule has 44 heavy (non-hydrogen) atoms. The van der Waals surface area contributed by atoms with Crippen LogP contribution in [0.15, 0.2) is 162 Å². The molecule has 0 aliphatic carbocycles. The van der Waals surface area contributed by atoms with E-state index in [9.17, 15) is 20.2 Å². The third-order valence-corrected chi connectivity index (χ3v) is 5.86. The molecular formula is C30H20N10O4. The normalized spacial score (nSPS) is 11.6. The van der Waals surface area contributed by atoms with Crippen molar-refractivity contribution in [1.82, 2.24) is 0 Å². The van der Waals surface area contributed by atoms with Gasteiger partial charge in [0.15, 0.2) is 11.4 Å². The van der Waals surface area contributed by atoms with Crippen molar-refractivity contribution in [2.75, 3.05) is 0 Å². The molecule has 0 fully saturated rings. The highest BCUT2D eigenvalue weighted by atomic mass is 16.6. The fraction of sp³-hybridized carbons (Fsp3) is 0. The van der Waals surface area contributed by atoms with Crippen molar-refractivity contribution in [2.45, 2.75) is 0 Å². The number of para-hydroxylation sites is 2. The van der Waals surface area contributed by atoms with Gasteiger partial charge in [-0.1, -0.05) is 60.7 Å². The molecule has 0 atom stereocenters. The van der Waals surface area contributed by atoms with Gasteiger partial charge in [-0.05, 0) is 48.5 Å². The fourth-order valence-electron chi connectivity index (χ4n) is 3.74. The summed E-state index contributed by atoms with van der Waals surface area (Å²) < 4.78 is 0. The Hall–Kier alpha value is -6.70. The Labute approximate surface area is 249 Å². The van der Waals surface area contributed by atoms with Gasteiger partial charge in [0.2, 0.25) is 0 Å². The first-order valence-electron chi connectivity index (χ1n) is 12.9. The molecule has 0 spiro atoms. The summed E-state index contributed by atoms with van der Waals surface area (Å²) in [5, 5.41) is 56.3. The van der Waals surface area contributed by atoms with Crippen LogP contribution in [0.2, 0.25) is 0 Å². The molecule has 0 saturated heterocycles. The second kappa shape index (κ2) is 13.8. The van der Waals surface area contributed by atoms with Crippen LogP contribution in [0.1, 0.15) is 0 Å². The van der Waals surface area contributed by atoms with Gasteiger partial charge < -0.3 is 0 Å². The van der Waals surface area contributed by atoms with Crippen molar-refractivity contribution in [2.24, 2.45) is 40.9 Å². The topological polar surface area (TPSA) is 185 Å². The highest BCUT2D eigenvalue weighted by Gasteiger charge is 2.13. The number of benzene rings is 5. The highest BCUT2D eigenvalue weighted by Crippen LogP contribution is 2.37. The molecule has 0 aromatic heterocycles. The summed E-state index contributed by atoms with van der Waals surface area (Å²) in [4.78, 5) is 21.6. The highest BCUT2D eigenvalue weighted by molar-refractivity contribution is 5.66. The molecule has 5 aromatic carbocycles. The van der Waals surface area contributed by atoms with Crippen LogP contribution in [0.3, 0.4) is 0 Å². The zero-order valence-electron chi connectivity index (χ0n) is 22.7. The summed E-state index contributed by atoms with van der Waals surface area (Å²) in [5.74, 6) is 0. The number of hydrogen-bond acceptors (Lipinski definition) is 12. The quantitative estimate of drug-likeness (QED) is 0.0897. The Morgan fingerprint density at radius 1 is 0.318 bits per heavy atom. The van der Waals surface area contributed by atoms with Crippen LogP contribution in [0.25, 0.3) is 0 Å². The number of azo groups is 4. The monoisotopic (exact) mass is 584 g/mol. The number of nitro benzene ring substituents is 2. The lowest BCUT2D eigenvalue weighted by Crippen LogP contribution is -1.86. The van der Waals surface area contributed by atoms with Gasteiger partial charge >= 0.3 is 0 Å². The van der Waals surface area contributed by atoms with Crippen LogP contribution in [-0.4, -0.2) is 9.85 Å². The summed E-state index contributed by atoms with van der Waals surface area (Å²) >= 11 is 0. The van der Waals surface area contributed by atoms with Crippen LogP contribution in [0.5, 0.6) is 0 Å². The molecule has 5 rings (SSSR count). The van der Waals surface area contributed by atoms with Crippen molar-refractivity contribution in [3.63, 3.8) is 0 Å². The van der Waals surface area contributed by atoms with E-state index in [0.29, 0.717) is 34.1 Å². The first kappa shape index (κ1) is 28.8. The molecule has 0 amide bonds. The van der Waals surface area contributed by atoms with E-state index in [0.717, 1.165) is 0 Å². The first-order valence-corrected chi connectivity index (χ1v) is 12.9. The van der Waals surface area contributed by atoms with Crippen molar-refractivity contribution in [3.05, 3.63) is 142 Å². The van der Waals surface area contributed by atoms with Gasteiger partial charge in [-0.2, -0.15) is 0 Å². The van der Waals surface area contributed by atoms with Crippen molar-refractivity contribution >= 4 is 56.9 Å². The minimum atomic E-state index is -0.526. The lowest BCUT2D eigenvalue weighted by molar-refractivity contribution is -0.384. The Kier molecular flexibility index (Phi) is 9.02. The van der Waals surface area contributed by atoms with Crippen molar-refractivity contribution in [1.29, 1.82) is 0 Å². The van der Waals surface area contributed by atoms with Crippen LogP contribution in [-0.2, 0) is 0 Å². The van der Waals surface area contributed by atoms with Gasteiger partial charge in [0.05, 0.1) is 9.85 Å². The zero-order valence-corrected chi connectivity index (χ0v) is 22.7. The predicted octanol–water partition coefficient (Wildman–Crippen LogP) is 11.2. The summed E-state index contributed by atoms with van der Waals surface area (Å²) in [5.41, 5.74) is 2.15. The summed E-state index contributed by atoms with van der Waals surface area (Å²) in [6.45, 7) is 0. The average molecular weight is 585 g/mol. The maximum Gasteiger partial charge on any atom is 0.296 e. The molecule has 14 nitrogen and oxygen atoms in total. The van der Waals surface area contributed by atoms with Crippen LogP contribution in [0, 0.1) is 20.2 Å². The average Bonchev–Trinajstić information content (AvgIpc) is 3.05. The third-order valence-electron chi connectivity index (χ3n) is 5.86. The lowest BCUT2D eigenvalue weighted by atomic mass is 10.2. The number of nitrogens with zero attached hydrogens (tertiary/aromatic N) is 10. The maximum absolute atomic E-state index is 11.3. The molecule has 14 heteroatoms. The van der Waals surface area contributed by atoms with E-state index >= 15 is 0 Å². The van der Waals surface area contributed by atoms with Gasteiger partial charge in [0.1, 0.15) is 34.1 Å². The van der Waals surface area contributed by atoms with Gasteiger partial charge in [-0.3, -0.25) is 20.2 Å². The molecule has 0 aliphatic rings. The second-order valence-electron chi connectivity index (χ2n) is 8.76. The van der Waals surface area contributed by atoms with E-state index in [1.807, 2.05) is 0 Å². The lowest BCUT2D eigenvalue weighted by Gasteiger charge is -2.01. The van der Waals surface area contributed by atoms with Gasteiger partial charge in [0, 0.05) is 12.1 Å². The van der Waals surface area contributed by atoms with E-state index < -0.39 is 9.85 Å². The number of rotatable bonds is 10. The molecular weight excluding hydrogens is 564 g/mol. The SMILES string of the molecule is O=[N+]([O-])c1ccccc1N=Nc1ccccc1N=Nc1ccccc1N=Nc1ccccc1N=Nc1ccccc1[N+](=O)[O-]. The largest absolute Gasteiger partial charge is 0.296 e. The van der Waals surface area contributed by atoms with E-state index in [4.69, 9.17) is 0 Å². The van der Waals surface area contributed by atoms with Crippen molar-refractivity contribution < 1.29 is 9.85 Å². The second-order valence-corrected chi connectivity index (χ2v) is 8.76. The Balaban J connectivity index is 1.39. The summed E-state index contributed by atoms with van der Waals surface area (Å²) in [6.07, 6.45) is 0. The molecule has 5 aromatic rings. The Bertz CT molecular complexity index is 1820. The van der Waals surface area contributed by atoms with Gasteiger partial charge in [-0.25, -0.2) is 0 Å². The van der Waals surface area contributed by atoms with E-state index in [1.165, 1.54) is 24.3 Å². The van der Waals surface area contributed by atoms with Gasteiger partial charge in [-0.15, -0.1) is 40.9 Å². The molecule has 0 N–H and O–H groups in total. The van der Waals surface area contributed by atoms with Gasteiger partial charge in [0.25, 0.3) is 11.4 Å². The number of nitro groups is 2. The Morgan fingerprint density at radius 3 is 0.727 bits per heavy atom. The van der Waals surface area contributed by atoms with Crippen LogP contribution >= 0.6 is 0 Å². The Morgan fingerprint density at radius 2 is 0.500 bits per heavy atom. The minimum Gasteiger partial charge on any atom is -0.258 e. The van der Waals surface area contributed by atoms with E-state index in [1.54, 1.807) is 97.1 Å². The van der Waals surface area contributed by atoms with Crippen LogP contribution in [0.4, 0.5) is 56.9 Å². The summed E-state index contributed by atoms with van der Waals surface area (Å²) in [6, 6.07) is 32.7. The van der Waals surface area contributed by atoms with Crippen LogP contribution < -0.4 is 0 Å². The predicted molar refractivity (Wildman–Crippen MR) is 162 cm³/mol. The smallest absolute Gasteiger partial charge is 0.258 e. The van der Waals surface area contributed by atoms with Crippen molar-refractivity contribution in [3.8, 4) is 0 Å². The minimum absolute atomic E-state index is 0.108. The molecule has 214 valence electrons. The number of hydrogen-bond donors (Lipinski definition) is 0. The fourth-order valence-corrected chi connectivity index (χ4v) is 3.74. The molecule has 0 radical (unpaired) electrons. The molecule has 0 unspecified atom stereocenters. The molecule has 0 bridgehead atoms.